The van der Waals surface area contributed by atoms with Crippen LogP contribution >= 0.6 is 0 Å². The number of hydrogen-bond donors (Lipinski definition) is 1. The fourth-order valence-electron chi connectivity index (χ4n) is 2.74. The maximum absolute atomic E-state index is 11.1. The van der Waals surface area contributed by atoms with E-state index in [2.05, 4.69) is 15.2 Å². The highest BCUT2D eigenvalue weighted by atomic mass is 16.4. The summed E-state index contributed by atoms with van der Waals surface area (Å²) >= 11 is 0. The second-order valence-corrected chi connectivity index (χ2v) is 5.41. The summed E-state index contributed by atoms with van der Waals surface area (Å²) in [5.41, 5.74) is 1.73. The number of aromatic carboxylic acids is 1. The topological polar surface area (TPSA) is 84.4 Å². The maximum atomic E-state index is 11.1. The highest BCUT2D eigenvalue weighted by Gasteiger charge is 2.25. The van der Waals surface area contributed by atoms with Crippen LogP contribution in [0.1, 0.15) is 47.0 Å². The minimum absolute atomic E-state index is 0.0123. The smallest absolute Gasteiger partial charge is 0.372 e. The quantitative estimate of drug-likeness (QED) is 0.928. The zero-order valence-corrected chi connectivity index (χ0v) is 12.1. The molecule has 3 rings (SSSR count). The van der Waals surface area contributed by atoms with E-state index in [1.807, 2.05) is 17.7 Å². The summed E-state index contributed by atoms with van der Waals surface area (Å²) < 4.78 is 7.44. The van der Waals surface area contributed by atoms with Gasteiger partial charge in [0.1, 0.15) is 5.76 Å². The molecule has 3 heterocycles. The zero-order chi connectivity index (χ0) is 15.0. The molecule has 2 aromatic heterocycles. The first-order valence-corrected chi connectivity index (χ1v) is 7.01. The molecule has 0 radical (unpaired) electrons. The van der Waals surface area contributed by atoms with Crippen molar-refractivity contribution in [3.8, 4) is 0 Å². The summed E-state index contributed by atoms with van der Waals surface area (Å²) in [5, 5.41) is 17.1. The van der Waals surface area contributed by atoms with Gasteiger partial charge >= 0.3 is 5.97 Å². The highest BCUT2D eigenvalue weighted by Crippen LogP contribution is 2.27. The van der Waals surface area contributed by atoms with Crippen molar-refractivity contribution in [2.24, 2.45) is 0 Å². The van der Waals surface area contributed by atoms with Crippen LogP contribution in [0.15, 0.2) is 16.7 Å². The average Bonchev–Trinajstić information content (AvgIpc) is 2.99. The van der Waals surface area contributed by atoms with E-state index in [1.165, 1.54) is 0 Å². The monoisotopic (exact) mass is 290 g/mol. The zero-order valence-electron chi connectivity index (χ0n) is 12.1. The van der Waals surface area contributed by atoms with Gasteiger partial charge in [0, 0.05) is 25.2 Å². The van der Waals surface area contributed by atoms with Crippen LogP contribution in [0.25, 0.3) is 0 Å². The van der Waals surface area contributed by atoms with Crippen LogP contribution in [0.4, 0.5) is 0 Å². The molecule has 0 bridgehead atoms. The van der Waals surface area contributed by atoms with Crippen molar-refractivity contribution in [3.05, 3.63) is 35.0 Å². The third-order valence-corrected chi connectivity index (χ3v) is 3.97. The molecular weight excluding hydrogens is 272 g/mol. The predicted molar refractivity (Wildman–Crippen MR) is 73.9 cm³/mol. The molecule has 21 heavy (non-hydrogen) atoms. The van der Waals surface area contributed by atoms with E-state index in [-0.39, 0.29) is 11.8 Å². The molecule has 7 nitrogen and oxygen atoms in total. The predicted octanol–water partition coefficient (Wildman–Crippen LogP) is 1.84. The Kier molecular flexibility index (Phi) is 3.50. The Balaban J connectivity index is 1.83. The number of aromatic nitrogens is 3. The van der Waals surface area contributed by atoms with Crippen LogP contribution in [0.2, 0.25) is 0 Å². The SMILES string of the molecule is Cc1cc(C(C)N2CCCn3nncc3C2)oc1C(=O)O. The van der Waals surface area contributed by atoms with Gasteiger partial charge in [0.25, 0.3) is 0 Å². The molecule has 0 fully saturated rings. The Morgan fingerprint density at radius 2 is 2.29 bits per heavy atom. The minimum Gasteiger partial charge on any atom is -0.475 e. The number of aryl methyl sites for hydroxylation is 2. The molecule has 0 aromatic carbocycles. The van der Waals surface area contributed by atoms with Crippen molar-refractivity contribution < 1.29 is 14.3 Å². The molecule has 0 spiro atoms. The van der Waals surface area contributed by atoms with Crippen LogP contribution in [-0.2, 0) is 13.1 Å². The van der Waals surface area contributed by atoms with Gasteiger partial charge in [0.15, 0.2) is 0 Å². The van der Waals surface area contributed by atoms with E-state index in [0.29, 0.717) is 11.3 Å². The van der Waals surface area contributed by atoms with E-state index < -0.39 is 5.97 Å². The second kappa shape index (κ2) is 5.33. The number of carboxylic acid groups (broad SMARTS) is 1. The molecular formula is C14H18N4O3. The third-order valence-electron chi connectivity index (χ3n) is 3.97. The number of hydrogen-bond acceptors (Lipinski definition) is 5. The fraction of sp³-hybridized carbons (Fsp3) is 0.500. The van der Waals surface area contributed by atoms with Gasteiger partial charge in [-0.2, -0.15) is 0 Å². The van der Waals surface area contributed by atoms with Crippen molar-refractivity contribution in [1.29, 1.82) is 0 Å². The van der Waals surface area contributed by atoms with E-state index in [9.17, 15) is 4.79 Å². The van der Waals surface area contributed by atoms with Gasteiger partial charge < -0.3 is 9.52 Å². The number of nitrogens with zero attached hydrogens (tertiary/aromatic N) is 4. The molecule has 0 saturated heterocycles. The summed E-state index contributed by atoms with van der Waals surface area (Å²) in [6, 6.07) is 1.83. The molecule has 1 aliphatic rings. The van der Waals surface area contributed by atoms with Crippen LogP contribution in [0.3, 0.4) is 0 Å². The van der Waals surface area contributed by atoms with Crippen LogP contribution in [0.5, 0.6) is 0 Å². The number of fused-ring (bicyclic) bond motifs is 1. The fourth-order valence-corrected chi connectivity index (χ4v) is 2.74. The summed E-state index contributed by atoms with van der Waals surface area (Å²) in [5.74, 6) is -0.312. The molecule has 0 aliphatic carbocycles. The summed E-state index contributed by atoms with van der Waals surface area (Å²) in [6.07, 6.45) is 2.76. The summed E-state index contributed by atoms with van der Waals surface area (Å²) in [6.45, 7) is 6.28. The Hall–Kier alpha value is -2.15. The second-order valence-electron chi connectivity index (χ2n) is 5.41. The molecule has 0 saturated carbocycles. The Morgan fingerprint density at radius 3 is 3.00 bits per heavy atom. The Bertz CT molecular complexity index is 661. The van der Waals surface area contributed by atoms with E-state index in [1.54, 1.807) is 13.1 Å². The van der Waals surface area contributed by atoms with E-state index in [0.717, 1.165) is 31.7 Å². The van der Waals surface area contributed by atoms with Crippen molar-refractivity contribution in [2.75, 3.05) is 6.54 Å². The van der Waals surface area contributed by atoms with Gasteiger partial charge in [-0.05, 0) is 26.3 Å². The van der Waals surface area contributed by atoms with Gasteiger partial charge in [0.05, 0.1) is 17.9 Å². The van der Waals surface area contributed by atoms with Crippen molar-refractivity contribution in [3.63, 3.8) is 0 Å². The standard InChI is InChI=1S/C14H18N4O3/c1-9-6-12(21-13(9)14(19)20)10(2)17-4-3-5-18-11(8-17)7-15-16-18/h6-7,10H,3-5,8H2,1-2H3,(H,19,20). The normalized spacial score (nSPS) is 17.2. The maximum Gasteiger partial charge on any atom is 0.372 e. The summed E-state index contributed by atoms with van der Waals surface area (Å²) in [4.78, 5) is 13.3. The molecule has 1 aliphatic heterocycles. The lowest BCUT2D eigenvalue weighted by Gasteiger charge is -2.25. The molecule has 2 aromatic rings. The lowest BCUT2D eigenvalue weighted by atomic mass is 10.1. The van der Waals surface area contributed by atoms with Crippen LogP contribution in [0, 0.1) is 6.92 Å². The number of rotatable bonds is 3. The first-order valence-electron chi connectivity index (χ1n) is 7.01. The number of carboxylic acids is 1. The first-order chi connectivity index (χ1) is 10.1. The molecule has 1 N–H and O–H groups in total. The third kappa shape index (κ3) is 2.56. The Labute approximate surface area is 122 Å². The average molecular weight is 290 g/mol. The largest absolute Gasteiger partial charge is 0.475 e. The van der Waals surface area contributed by atoms with Crippen LogP contribution in [-0.4, -0.2) is 37.5 Å². The Morgan fingerprint density at radius 1 is 1.48 bits per heavy atom. The van der Waals surface area contributed by atoms with E-state index in [4.69, 9.17) is 9.52 Å². The van der Waals surface area contributed by atoms with Crippen molar-refractivity contribution in [1.82, 2.24) is 19.9 Å². The van der Waals surface area contributed by atoms with E-state index >= 15 is 0 Å². The van der Waals surface area contributed by atoms with Gasteiger partial charge in [-0.3, -0.25) is 4.90 Å². The van der Waals surface area contributed by atoms with Gasteiger partial charge in [-0.25, -0.2) is 9.48 Å². The highest BCUT2D eigenvalue weighted by molar-refractivity contribution is 5.86. The van der Waals surface area contributed by atoms with Gasteiger partial charge in [-0.1, -0.05) is 5.21 Å². The minimum atomic E-state index is -1.02. The lowest BCUT2D eigenvalue weighted by Crippen LogP contribution is -2.26. The lowest BCUT2D eigenvalue weighted by molar-refractivity contribution is 0.0654. The molecule has 0 amide bonds. The molecule has 1 atom stereocenters. The van der Waals surface area contributed by atoms with Crippen molar-refractivity contribution in [2.45, 2.75) is 39.4 Å². The number of carbonyl (C=O) groups is 1. The van der Waals surface area contributed by atoms with Crippen molar-refractivity contribution >= 4 is 5.97 Å². The van der Waals surface area contributed by atoms with Gasteiger partial charge in [0.2, 0.25) is 5.76 Å². The summed E-state index contributed by atoms with van der Waals surface area (Å²) in [7, 11) is 0. The number of furan rings is 1. The first kappa shape index (κ1) is 13.8. The molecule has 1 unspecified atom stereocenters. The molecule has 7 heteroatoms. The van der Waals surface area contributed by atoms with Crippen LogP contribution < -0.4 is 0 Å². The van der Waals surface area contributed by atoms with Gasteiger partial charge in [-0.15, -0.1) is 5.10 Å². The molecule has 112 valence electrons.